The average Bonchev–Trinajstić information content (AvgIpc) is 2.27. The minimum Gasteiger partial charge on any atom is -0.385 e. The van der Waals surface area contributed by atoms with E-state index in [4.69, 9.17) is 5.73 Å². The van der Waals surface area contributed by atoms with E-state index in [-0.39, 0.29) is 5.54 Å². The summed E-state index contributed by atoms with van der Waals surface area (Å²) in [5, 5.41) is 5.96. The first-order chi connectivity index (χ1) is 8.04. The molecule has 90 valence electrons. The first kappa shape index (κ1) is 11.9. The normalized spacial score (nSPS) is 11.7. The van der Waals surface area contributed by atoms with Crippen molar-refractivity contribution in [2.24, 2.45) is 5.73 Å². The Bertz CT molecular complexity index is 497. The zero-order valence-corrected chi connectivity index (χ0v) is 10.5. The van der Waals surface area contributed by atoms with Crippen molar-refractivity contribution in [2.45, 2.75) is 25.8 Å². The Hall–Kier alpha value is -1.54. The van der Waals surface area contributed by atoms with E-state index in [0.717, 1.165) is 18.7 Å². The van der Waals surface area contributed by atoms with E-state index in [1.807, 2.05) is 0 Å². The maximum atomic E-state index is 5.95. The largest absolute Gasteiger partial charge is 0.385 e. The molecule has 2 nitrogen and oxygen atoms in total. The van der Waals surface area contributed by atoms with E-state index in [0.29, 0.717) is 0 Å². The average molecular weight is 228 g/mol. The maximum Gasteiger partial charge on any atom is 0.0346 e. The summed E-state index contributed by atoms with van der Waals surface area (Å²) in [4.78, 5) is 0. The third-order valence-electron chi connectivity index (χ3n) is 2.85. The molecule has 2 aromatic rings. The Kier molecular flexibility index (Phi) is 3.34. The smallest absolute Gasteiger partial charge is 0.0346 e. The van der Waals surface area contributed by atoms with Gasteiger partial charge in [-0.15, -0.1) is 0 Å². The molecule has 0 bridgehead atoms. The molecule has 0 aliphatic carbocycles. The van der Waals surface area contributed by atoms with Gasteiger partial charge in [0, 0.05) is 17.8 Å². The molecule has 0 aliphatic heterocycles. The summed E-state index contributed by atoms with van der Waals surface area (Å²) in [6.45, 7) is 5.01. The number of hydrogen-bond donors (Lipinski definition) is 2. The minimum atomic E-state index is -0.107. The van der Waals surface area contributed by atoms with Crippen LogP contribution in [0.1, 0.15) is 20.3 Å². The minimum absolute atomic E-state index is 0.107. The first-order valence-electron chi connectivity index (χ1n) is 6.06. The number of fused-ring (bicyclic) bond motifs is 1. The molecule has 0 fully saturated rings. The zero-order valence-electron chi connectivity index (χ0n) is 10.5. The van der Waals surface area contributed by atoms with Crippen LogP contribution in [-0.4, -0.2) is 12.1 Å². The molecule has 17 heavy (non-hydrogen) atoms. The highest BCUT2D eigenvalue weighted by Crippen LogP contribution is 2.19. The predicted octanol–water partition coefficient (Wildman–Crippen LogP) is 3.38. The van der Waals surface area contributed by atoms with Crippen molar-refractivity contribution >= 4 is 16.5 Å². The number of nitrogens with one attached hydrogen (secondary N) is 1. The van der Waals surface area contributed by atoms with E-state index in [1.54, 1.807) is 0 Å². The highest BCUT2D eigenvalue weighted by molar-refractivity contribution is 5.85. The lowest BCUT2D eigenvalue weighted by atomic mass is 10.0. The molecule has 0 aliphatic rings. The van der Waals surface area contributed by atoms with E-state index in [2.05, 4.69) is 61.6 Å². The van der Waals surface area contributed by atoms with Gasteiger partial charge < -0.3 is 11.1 Å². The van der Waals surface area contributed by atoms with Crippen LogP contribution in [0, 0.1) is 0 Å². The third kappa shape index (κ3) is 3.46. The molecule has 2 heteroatoms. The molecule has 2 rings (SSSR count). The summed E-state index contributed by atoms with van der Waals surface area (Å²) < 4.78 is 0. The molecule has 0 aromatic heterocycles. The molecule has 2 aromatic carbocycles. The van der Waals surface area contributed by atoms with Crippen LogP contribution < -0.4 is 11.1 Å². The monoisotopic (exact) mass is 228 g/mol. The van der Waals surface area contributed by atoms with Gasteiger partial charge in [-0.3, -0.25) is 0 Å². The van der Waals surface area contributed by atoms with Gasteiger partial charge in [-0.1, -0.05) is 30.3 Å². The van der Waals surface area contributed by atoms with Crippen molar-refractivity contribution in [1.82, 2.24) is 0 Å². The van der Waals surface area contributed by atoms with Gasteiger partial charge in [0.25, 0.3) is 0 Å². The van der Waals surface area contributed by atoms with Crippen LogP contribution in [0.2, 0.25) is 0 Å². The lowest BCUT2D eigenvalue weighted by molar-refractivity contribution is 0.491. The summed E-state index contributed by atoms with van der Waals surface area (Å²) in [7, 11) is 0. The van der Waals surface area contributed by atoms with Gasteiger partial charge in [0.2, 0.25) is 0 Å². The molecule has 0 unspecified atom stereocenters. The molecule has 0 amide bonds. The Labute approximate surface area is 103 Å². The number of benzene rings is 2. The Morgan fingerprint density at radius 3 is 2.47 bits per heavy atom. The standard InChI is InChI=1S/C15H20N2/c1-15(2,16)9-10-17-14-8-7-12-5-3-4-6-13(12)11-14/h3-8,11,17H,9-10,16H2,1-2H3. The van der Waals surface area contributed by atoms with Crippen LogP contribution in [-0.2, 0) is 0 Å². The van der Waals surface area contributed by atoms with Crippen molar-refractivity contribution in [3.05, 3.63) is 42.5 Å². The highest BCUT2D eigenvalue weighted by atomic mass is 14.9. The van der Waals surface area contributed by atoms with Crippen LogP contribution >= 0.6 is 0 Å². The van der Waals surface area contributed by atoms with Crippen LogP contribution in [0.3, 0.4) is 0 Å². The van der Waals surface area contributed by atoms with Crippen LogP contribution in [0.15, 0.2) is 42.5 Å². The van der Waals surface area contributed by atoms with E-state index >= 15 is 0 Å². The van der Waals surface area contributed by atoms with E-state index < -0.39 is 0 Å². The van der Waals surface area contributed by atoms with Gasteiger partial charge in [0.15, 0.2) is 0 Å². The van der Waals surface area contributed by atoms with E-state index in [9.17, 15) is 0 Å². The van der Waals surface area contributed by atoms with Crippen LogP contribution in [0.5, 0.6) is 0 Å². The second kappa shape index (κ2) is 4.76. The maximum absolute atomic E-state index is 5.95. The number of nitrogens with two attached hydrogens (primary N) is 1. The van der Waals surface area contributed by atoms with Crippen LogP contribution in [0.4, 0.5) is 5.69 Å². The van der Waals surface area contributed by atoms with Crippen molar-refractivity contribution in [1.29, 1.82) is 0 Å². The van der Waals surface area contributed by atoms with E-state index in [1.165, 1.54) is 10.8 Å². The Balaban J connectivity index is 2.04. The molecule has 0 atom stereocenters. The van der Waals surface area contributed by atoms with Gasteiger partial charge in [0.1, 0.15) is 0 Å². The first-order valence-corrected chi connectivity index (χ1v) is 6.06. The van der Waals surface area contributed by atoms with Gasteiger partial charge in [-0.05, 0) is 43.2 Å². The van der Waals surface area contributed by atoms with Crippen molar-refractivity contribution in [2.75, 3.05) is 11.9 Å². The lowest BCUT2D eigenvalue weighted by Crippen LogP contribution is -2.34. The number of hydrogen-bond acceptors (Lipinski definition) is 2. The number of anilines is 1. The van der Waals surface area contributed by atoms with Gasteiger partial charge in [0.05, 0.1) is 0 Å². The molecular weight excluding hydrogens is 208 g/mol. The van der Waals surface area contributed by atoms with Crippen LogP contribution in [0.25, 0.3) is 10.8 Å². The second-order valence-corrected chi connectivity index (χ2v) is 5.23. The molecular formula is C15H20N2. The SMILES string of the molecule is CC(C)(N)CCNc1ccc2ccccc2c1. The summed E-state index contributed by atoms with van der Waals surface area (Å²) in [5.41, 5.74) is 7.00. The van der Waals surface area contributed by atoms with Gasteiger partial charge in [-0.25, -0.2) is 0 Å². The summed E-state index contributed by atoms with van der Waals surface area (Å²) >= 11 is 0. The molecule has 0 saturated carbocycles. The molecule has 3 N–H and O–H groups in total. The Morgan fingerprint density at radius 2 is 1.76 bits per heavy atom. The lowest BCUT2D eigenvalue weighted by Gasteiger charge is -2.18. The summed E-state index contributed by atoms with van der Waals surface area (Å²) in [5.74, 6) is 0. The van der Waals surface area contributed by atoms with Crippen molar-refractivity contribution in [3.8, 4) is 0 Å². The van der Waals surface area contributed by atoms with Crippen molar-refractivity contribution < 1.29 is 0 Å². The second-order valence-electron chi connectivity index (χ2n) is 5.23. The van der Waals surface area contributed by atoms with Gasteiger partial charge >= 0.3 is 0 Å². The molecule has 0 radical (unpaired) electrons. The third-order valence-corrected chi connectivity index (χ3v) is 2.85. The Morgan fingerprint density at radius 1 is 1.06 bits per heavy atom. The quantitative estimate of drug-likeness (QED) is 0.842. The fourth-order valence-corrected chi connectivity index (χ4v) is 1.83. The predicted molar refractivity (Wildman–Crippen MR) is 75.3 cm³/mol. The fraction of sp³-hybridized carbons (Fsp3) is 0.333. The topological polar surface area (TPSA) is 38.0 Å². The number of rotatable bonds is 4. The molecule has 0 heterocycles. The van der Waals surface area contributed by atoms with Crippen molar-refractivity contribution in [3.63, 3.8) is 0 Å². The fourth-order valence-electron chi connectivity index (χ4n) is 1.83. The molecule has 0 saturated heterocycles. The summed E-state index contributed by atoms with van der Waals surface area (Å²) in [6, 6.07) is 14.8. The van der Waals surface area contributed by atoms with Gasteiger partial charge in [-0.2, -0.15) is 0 Å². The zero-order chi connectivity index (χ0) is 12.3. The molecule has 0 spiro atoms. The highest BCUT2D eigenvalue weighted by Gasteiger charge is 2.09. The summed E-state index contributed by atoms with van der Waals surface area (Å²) in [6.07, 6.45) is 0.958.